The highest BCUT2D eigenvalue weighted by Gasteiger charge is 2.68. The minimum Gasteiger partial charge on any atom is -0.486 e. The Morgan fingerprint density at radius 1 is 1.11 bits per heavy atom. The highest BCUT2D eigenvalue weighted by Crippen LogP contribution is 2.69. The molecule has 10 heteroatoms. The van der Waals surface area contributed by atoms with Crippen molar-refractivity contribution in [3.8, 4) is 11.5 Å². The topological polar surface area (TPSA) is 84.9 Å². The monoisotopic (exact) mass is 546 g/mol. The fourth-order valence-corrected chi connectivity index (χ4v) is 6.30. The lowest BCUT2D eigenvalue weighted by Gasteiger charge is -2.70. The molecular formula is C27H25Cl2FN2O5. The average molecular weight is 547 g/mol. The van der Waals surface area contributed by atoms with Crippen molar-refractivity contribution in [2.24, 2.45) is 11.3 Å². The van der Waals surface area contributed by atoms with E-state index in [1.54, 1.807) is 23.1 Å². The first-order chi connectivity index (χ1) is 17.6. The van der Waals surface area contributed by atoms with Crippen LogP contribution in [0.4, 0.5) is 10.1 Å². The smallest absolute Gasteiger partial charge is 0.263 e. The maximum absolute atomic E-state index is 13.5. The zero-order valence-corrected chi connectivity index (χ0v) is 21.4. The molecule has 4 fully saturated rings. The lowest BCUT2D eigenvalue weighted by atomic mass is 9.38. The largest absolute Gasteiger partial charge is 0.486 e. The van der Waals surface area contributed by atoms with Gasteiger partial charge < -0.3 is 19.7 Å². The average Bonchev–Trinajstić information content (AvgIpc) is 3.67. The molecule has 1 unspecified atom stereocenters. The lowest BCUT2D eigenvalue weighted by molar-refractivity contribution is -0.175. The lowest BCUT2D eigenvalue weighted by Crippen LogP contribution is -2.76. The van der Waals surface area contributed by atoms with E-state index in [1.807, 2.05) is 0 Å². The molecule has 0 radical (unpaired) electrons. The van der Waals surface area contributed by atoms with E-state index in [4.69, 9.17) is 32.7 Å². The molecule has 4 aliphatic carbocycles. The molecule has 2 amide bonds. The molecule has 2 aromatic carbocycles. The fraction of sp³-hybridized carbons (Fsp3) is 0.444. The van der Waals surface area contributed by atoms with Gasteiger partial charge in [-0.05, 0) is 67.9 Å². The number of hydrogen-bond donors (Lipinski definition) is 1. The Morgan fingerprint density at radius 3 is 2.57 bits per heavy atom. The molecule has 7 rings (SSSR count). The van der Waals surface area contributed by atoms with E-state index in [1.165, 1.54) is 12.1 Å². The second kappa shape index (κ2) is 8.88. The van der Waals surface area contributed by atoms with Crippen LogP contribution in [0.5, 0.6) is 11.5 Å². The van der Waals surface area contributed by atoms with Gasteiger partial charge in [0.05, 0.1) is 17.3 Å². The summed E-state index contributed by atoms with van der Waals surface area (Å²) in [5.74, 6) is -0.232. The first kappa shape index (κ1) is 24.5. The number of carbonyl (C=O) groups is 3. The molecule has 2 bridgehead atoms. The molecule has 7 nitrogen and oxygen atoms in total. The van der Waals surface area contributed by atoms with Crippen LogP contribution in [0.1, 0.15) is 38.5 Å². The summed E-state index contributed by atoms with van der Waals surface area (Å²) in [4.78, 5) is 40.2. The number of rotatable bonds is 8. The number of hydrogen-bond acceptors (Lipinski definition) is 5. The third kappa shape index (κ3) is 4.66. The van der Waals surface area contributed by atoms with Crippen LogP contribution >= 0.6 is 23.2 Å². The van der Waals surface area contributed by atoms with Crippen LogP contribution in [0.15, 0.2) is 36.4 Å². The van der Waals surface area contributed by atoms with Crippen LogP contribution < -0.4 is 19.7 Å². The third-order valence-electron chi connectivity index (χ3n) is 7.71. The molecule has 1 atom stereocenters. The van der Waals surface area contributed by atoms with Gasteiger partial charge in [-0.15, -0.1) is 0 Å². The normalized spacial score (nSPS) is 27.2. The Labute approximate surface area is 223 Å². The summed E-state index contributed by atoms with van der Waals surface area (Å²) in [6.45, 7) is -0.0107. The third-order valence-corrected chi connectivity index (χ3v) is 8.25. The summed E-state index contributed by atoms with van der Waals surface area (Å²) in [7, 11) is 0. The van der Waals surface area contributed by atoms with Gasteiger partial charge in [-0.1, -0.05) is 23.2 Å². The molecule has 1 N–H and O–H groups in total. The second-order valence-electron chi connectivity index (χ2n) is 10.8. The predicted octanol–water partition coefficient (Wildman–Crippen LogP) is 4.71. The van der Waals surface area contributed by atoms with Gasteiger partial charge in [0.15, 0.2) is 11.9 Å². The summed E-state index contributed by atoms with van der Waals surface area (Å²) < 4.78 is 24.9. The summed E-state index contributed by atoms with van der Waals surface area (Å²) >= 11 is 11.8. The van der Waals surface area contributed by atoms with Gasteiger partial charge >= 0.3 is 0 Å². The Hall–Kier alpha value is -2.84. The molecule has 1 heterocycles. The molecule has 194 valence electrons. The van der Waals surface area contributed by atoms with E-state index in [0.717, 1.165) is 18.9 Å². The number of ether oxygens (including phenoxy) is 2. The summed E-state index contributed by atoms with van der Waals surface area (Å²) in [6.07, 6.45) is 3.35. The van der Waals surface area contributed by atoms with E-state index >= 15 is 0 Å². The number of fused-ring (bicyclic) bond motifs is 1. The summed E-state index contributed by atoms with van der Waals surface area (Å²) in [5.41, 5.74) is 0.121. The van der Waals surface area contributed by atoms with E-state index in [0.29, 0.717) is 42.1 Å². The van der Waals surface area contributed by atoms with E-state index in [2.05, 4.69) is 5.32 Å². The Balaban J connectivity index is 1.02. The molecule has 0 aromatic heterocycles. The molecule has 2 aromatic rings. The Morgan fingerprint density at radius 2 is 1.86 bits per heavy atom. The minimum atomic E-state index is -0.823. The van der Waals surface area contributed by atoms with Crippen LogP contribution in [0.2, 0.25) is 10.0 Å². The van der Waals surface area contributed by atoms with Crippen LogP contribution in [0.25, 0.3) is 0 Å². The van der Waals surface area contributed by atoms with E-state index in [-0.39, 0.29) is 58.4 Å². The maximum Gasteiger partial charge on any atom is 0.263 e. The number of nitrogens with one attached hydrogen (secondary N) is 1. The van der Waals surface area contributed by atoms with Crippen molar-refractivity contribution in [1.29, 1.82) is 0 Å². The van der Waals surface area contributed by atoms with Crippen molar-refractivity contribution >= 4 is 46.5 Å². The summed E-state index contributed by atoms with van der Waals surface area (Å²) in [5, 5.41) is 3.61. The number of anilines is 1. The van der Waals surface area contributed by atoms with Gasteiger partial charge in [-0.3, -0.25) is 14.4 Å². The fourth-order valence-electron chi connectivity index (χ4n) is 6.01. The molecule has 0 saturated heterocycles. The first-order valence-corrected chi connectivity index (χ1v) is 13.1. The van der Waals surface area contributed by atoms with Crippen LogP contribution in [-0.4, -0.2) is 42.4 Å². The molecule has 1 aliphatic heterocycles. The molecule has 5 aliphatic rings. The van der Waals surface area contributed by atoms with Gasteiger partial charge in [-0.2, -0.15) is 0 Å². The molecular weight excluding hydrogens is 522 g/mol. The first-order valence-electron chi connectivity index (χ1n) is 12.3. The molecule has 37 heavy (non-hydrogen) atoms. The van der Waals surface area contributed by atoms with E-state index in [9.17, 15) is 18.8 Å². The predicted molar refractivity (Wildman–Crippen MR) is 135 cm³/mol. The number of ketones is 1. The minimum absolute atomic E-state index is 0.00356. The SMILES string of the molecule is O=C(COc1ccc(Cl)c(F)c1)CC12CC(NC(=O)C3CN(C(=O)C4CC4)c4cc(Cl)ccc4O3)(C1)C2. The molecule has 4 saturated carbocycles. The van der Waals surface area contributed by atoms with Crippen LogP contribution in [0.3, 0.4) is 0 Å². The van der Waals surface area contributed by atoms with Crippen LogP contribution in [-0.2, 0) is 14.4 Å². The summed E-state index contributed by atoms with van der Waals surface area (Å²) in [6, 6.07) is 9.11. The van der Waals surface area contributed by atoms with Crippen molar-refractivity contribution < 1.29 is 28.2 Å². The number of nitrogens with zero attached hydrogens (tertiary/aromatic N) is 1. The van der Waals surface area contributed by atoms with Crippen molar-refractivity contribution in [3.63, 3.8) is 0 Å². The van der Waals surface area contributed by atoms with Crippen molar-refractivity contribution in [3.05, 3.63) is 52.3 Å². The Bertz CT molecular complexity index is 1290. The van der Waals surface area contributed by atoms with Gasteiger partial charge in [0.2, 0.25) is 5.91 Å². The highest BCUT2D eigenvalue weighted by molar-refractivity contribution is 6.31. The quantitative estimate of drug-likeness (QED) is 0.518. The number of carbonyl (C=O) groups excluding carboxylic acids is 3. The van der Waals surface area contributed by atoms with Gasteiger partial charge in [-0.25, -0.2) is 4.39 Å². The number of amides is 2. The van der Waals surface area contributed by atoms with Gasteiger partial charge in [0, 0.05) is 29.0 Å². The van der Waals surface area contributed by atoms with Gasteiger partial charge in [0.1, 0.15) is 23.9 Å². The maximum atomic E-state index is 13.5. The van der Waals surface area contributed by atoms with Gasteiger partial charge in [0.25, 0.3) is 5.91 Å². The van der Waals surface area contributed by atoms with Crippen LogP contribution in [0, 0.1) is 17.2 Å². The Kier molecular flexibility index (Phi) is 5.88. The number of halogens is 3. The standard InChI is InChI=1S/C27H25Cl2FN2O5/c28-16-3-6-22-21(7-16)32(25(35)15-1-2-15)10-23(37-22)24(34)31-27-12-26(13-27,14-27)9-17(33)11-36-18-4-5-19(29)20(30)8-18/h3-8,15,23H,1-2,9-14H2,(H,31,34). The zero-order valence-electron chi connectivity index (χ0n) is 19.9. The van der Waals surface area contributed by atoms with Crippen molar-refractivity contribution in [2.75, 3.05) is 18.1 Å². The molecule has 0 spiro atoms. The van der Waals surface area contributed by atoms with Crippen molar-refractivity contribution in [1.82, 2.24) is 5.32 Å². The highest BCUT2D eigenvalue weighted by atomic mass is 35.5. The number of benzene rings is 2. The van der Waals surface area contributed by atoms with Crippen molar-refractivity contribution in [2.45, 2.75) is 50.2 Å². The zero-order chi connectivity index (χ0) is 25.9. The second-order valence-corrected chi connectivity index (χ2v) is 11.7. The van der Waals surface area contributed by atoms with E-state index < -0.39 is 11.9 Å². The number of Topliss-reactive ketones (excluding diaryl/α,β-unsaturated/α-hetero) is 1.